The average molecular weight is 593 g/mol. The lowest BCUT2D eigenvalue weighted by Crippen LogP contribution is -2.45. The maximum absolute atomic E-state index is 13.5. The van der Waals surface area contributed by atoms with E-state index in [1.165, 1.54) is 19.8 Å². The summed E-state index contributed by atoms with van der Waals surface area (Å²) in [7, 11) is 2.95. The number of carbonyl (C=O) groups excluding carboxylic acids is 1. The second kappa shape index (κ2) is 16.5. The molecule has 3 N–H and O–H groups in total. The number of halogens is 2. The number of carboxylic acid groups (broad SMARTS) is 1. The Morgan fingerprint density at radius 1 is 1.22 bits per heavy atom. The monoisotopic (exact) mass is 592 g/mol. The second-order valence-electron chi connectivity index (χ2n) is 10.4. The van der Waals surface area contributed by atoms with Crippen LogP contribution < -0.4 is 15.4 Å². The number of aliphatic carboxylic acids is 1. The van der Waals surface area contributed by atoms with Gasteiger partial charge in [-0.1, -0.05) is 23.7 Å². The van der Waals surface area contributed by atoms with Crippen LogP contribution in [0.4, 0.5) is 10.2 Å². The van der Waals surface area contributed by atoms with E-state index in [9.17, 15) is 19.1 Å². The Labute approximate surface area is 246 Å². The maximum Gasteiger partial charge on any atom is 0.326 e. The summed E-state index contributed by atoms with van der Waals surface area (Å²) in [4.78, 5) is 31.9. The van der Waals surface area contributed by atoms with Crippen molar-refractivity contribution in [2.45, 2.75) is 63.5 Å². The molecule has 1 aromatic heterocycles. The number of alkyl halides is 1. The van der Waals surface area contributed by atoms with Crippen LogP contribution in [0.1, 0.15) is 55.3 Å². The molecule has 9 nitrogen and oxygen atoms in total. The number of unbranched alkanes of at least 4 members (excludes halogenated alkanes) is 1. The number of ether oxygens (including phenoxy) is 2. The molecule has 0 spiro atoms. The van der Waals surface area contributed by atoms with Crippen LogP contribution >= 0.6 is 11.6 Å². The highest BCUT2D eigenvalue weighted by Gasteiger charge is 2.27. The van der Waals surface area contributed by atoms with Crippen molar-refractivity contribution in [3.05, 3.63) is 52.2 Å². The molecule has 11 heteroatoms. The second-order valence-corrected chi connectivity index (χ2v) is 10.8. The molecule has 0 saturated heterocycles. The fourth-order valence-electron chi connectivity index (χ4n) is 5.03. The summed E-state index contributed by atoms with van der Waals surface area (Å²) in [6.07, 6.45) is 4.21. The van der Waals surface area contributed by atoms with Crippen LogP contribution in [0, 0.1) is 0 Å². The number of anilines is 1. The molecule has 3 rings (SSSR count). The number of aryl methyl sites for hydroxylation is 2. The Morgan fingerprint density at radius 2 is 2.02 bits per heavy atom. The lowest BCUT2D eigenvalue weighted by atomic mass is 9.98. The first-order valence-corrected chi connectivity index (χ1v) is 14.5. The van der Waals surface area contributed by atoms with Crippen molar-refractivity contribution in [1.29, 1.82) is 0 Å². The highest BCUT2D eigenvalue weighted by molar-refractivity contribution is 6.31. The third-order valence-corrected chi connectivity index (χ3v) is 7.81. The molecule has 1 aliphatic rings. The molecule has 1 aromatic carbocycles. The predicted molar refractivity (Wildman–Crippen MR) is 158 cm³/mol. The van der Waals surface area contributed by atoms with Crippen molar-refractivity contribution in [3.8, 4) is 5.75 Å². The Kier molecular flexibility index (Phi) is 13.1. The third-order valence-electron chi connectivity index (χ3n) is 7.48. The largest absolute Gasteiger partial charge is 0.496 e. The number of amides is 1. The normalized spacial score (nSPS) is 15.0. The first-order chi connectivity index (χ1) is 19.8. The number of nitrogens with zero attached hydrogens (tertiary/aromatic N) is 2. The molecular weight excluding hydrogens is 551 g/mol. The lowest BCUT2D eigenvalue weighted by Gasteiger charge is -2.27. The number of benzene rings is 1. The lowest BCUT2D eigenvalue weighted by molar-refractivity contribution is -0.142. The van der Waals surface area contributed by atoms with Crippen molar-refractivity contribution in [3.63, 3.8) is 0 Å². The summed E-state index contributed by atoms with van der Waals surface area (Å²) in [6, 6.07) is 8.17. The molecule has 1 unspecified atom stereocenters. The van der Waals surface area contributed by atoms with Crippen molar-refractivity contribution >= 4 is 29.3 Å². The fourth-order valence-corrected chi connectivity index (χ4v) is 5.36. The Bertz CT molecular complexity index is 1150. The predicted octanol–water partition coefficient (Wildman–Crippen LogP) is 4.47. The van der Waals surface area contributed by atoms with E-state index in [4.69, 9.17) is 26.1 Å². The van der Waals surface area contributed by atoms with Crippen LogP contribution in [0.5, 0.6) is 5.75 Å². The number of hydrogen-bond donors (Lipinski definition) is 3. The van der Waals surface area contributed by atoms with Crippen molar-refractivity contribution < 1.29 is 28.6 Å². The topological polar surface area (TPSA) is 113 Å². The van der Waals surface area contributed by atoms with E-state index in [0.29, 0.717) is 36.0 Å². The van der Waals surface area contributed by atoms with Crippen LogP contribution in [-0.2, 0) is 27.2 Å². The van der Waals surface area contributed by atoms with E-state index in [-0.39, 0.29) is 6.42 Å². The van der Waals surface area contributed by atoms with Gasteiger partial charge in [-0.05, 0) is 75.8 Å². The number of pyridine rings is 1. The van der Waals surface area contributed by atoms with Gasteiger partial charge in [-0.25, -0.2) is 14.2 Å². The van der Waals surface area contributed by atoms with Crippen LogP contribution in [0.3, 0.4) is 0 Å². The van der Waals surface area contributed by atoms with Crippen LogP contribution in [-0.4, -0.2) is 86.1 Å². The minimum absolute atomic E-state index is 0.147. The molecular formula is C30H42ClFN4O5. The summed E-state index contributed by atoms with van der Waals surface area (Å²) < 4.78 is 24.1. The Hall–Kier alpha value is -2.95. The van der Waals surface area contributed by atoms with Gasteiger partial charge < -0.3 is 30.1 Å². The quantitative estimate of drug-likeness (QED) is 0.231. The Morgan fingerprint density at radius 3 is 2.73 bits per heavy atom. The minimum Gasteiger partial charge on any atom is -0.496 e. The van der Waals surface area contributed by atoms with E-state index in [1.54, 1.807) is 25.1 Å². The summed E-state index contributed by atoms with van der Waals surface area (Å²) in [6.45, 7) is 3.26. The number of rotatable bonds is 17. The number of carboxylic acids is 1. The number of hydrogen-bond acceptors (Lipinski definition) is 7. The van der Waals surface area contributed by atoms with Gasteiger partial charge >= 0.3 is 5.97 Å². The van der Waals surface area contributed by atoms with Gasteiger partial charge in [-0.15, -0.1) is 0 Å². The molecule has 0 saturated carbocycles. The van der Waals surface area contributed by atoms with Gasteiger partial charge in [0.1, 0.15) is 24.3 Å². The van der Waals surface area contributed by atoms with E-state index in [1.807, 2.05) is 4.90 Å². The van der Waals surface area contributed by atoms with Crippen LogP contribution in [0.25, 0.3) is 0 Å². The van der Waals surface area contributed by atoms with Gasteiger partial charge in [0.25, 0.3) is 0 Å². The number of nitrogens with one attached hydrogen (secondary N) is 2. The molecule has 0 aliphatic carbocycles. The maximum atomic E-state index is 13.5. The molecule has 0 radical (unpaired) electrons. The van der Waals surface area contributed by atoms with E-state index < -0.39 is 36.6 Å². The van der Waals surface area contributed by atoms with Gasteiger partial charge in [-0.3, -0.25) is 4.79 Å². The highest BCUT2D eigenvalue weighted by atomic mass is 35.5. The van der Waals surface area contributed by atoms with Crippen molar-refractivity contribution in [2.24, 2.45) is 0 Å². The number of fused-ring (bicyclic) bond motifs is 1. The number of aromatic nitrogens is 1. The van der Waals surface area contributed by atoms with Crippen LogP contribution in [0.15, 0.2) is 30.3 Å². The minimum atomic E-state index is -1.14. The molecule has 0 fully saturated rings. The van der Waals surface area contributed by atoms with Gasteiger partial charge in [-0.2, -0.15) is 0 Å². The first kappa shape index (κ1) is 32.6. The molecule has 2 aromatic rings. The van der Waals surface area contributed by atoms with E-state index in [2.05, 4.69) is 22.8 Å². The van der Waals surface area contributed by atoms with Crippen molar-refractivity contribution in [2.75, 3.05) is 52.4 Å². The Balaban J connectivity index is 1.57. The SMILES string of the molecule is COc1cccc(Cl)c1[C@H](C)C(=O)N[C@@H](CCN(CCCCc1ccc2c(n1)NCCC2)CC(CF)OC)C(=O)O. The summed E-state index contributed by atoms with van der Waals surface area (Å²) in [5.74, 6) is -0.908. The summed E-state index contributed by atoms with van der Waals surface area (Å²) >= 11 is 6.32. The molecule has 1 amide bonds. The molecule has 2 heterocycles. The van der Waals surface area contributed by atoms with Crippen molar-refractivity contribution in [1.82, 2.24) is 15.2 Å². The summed E-state index contributed by atoms with van der Waals surface area (Å²) in [5.41, 5.74) is 2.78. The van der Waals surface area contributed by atoms with Crippen LogP contribution in [0.2, 0.25) is 5.02 Å². The third kappa shape index (κ3) is 9.55. The molecule has 1 aliphatic heterocycles. The standard InChI is InChI=1S/C30H42ClFN4O5/c1-20(27-24(31)10-6-11-26(27)41-3)29(37)35-25(30(38)39)14-17-36(19-23(18-32)40-2)16-5-4-9-22-13-12-21-8-7-15-33-28(21)34-22/h6,10-13,20,23,25H,4-5,7-9,14-19H2,1-3H3,(H,33,34)(H,35,37)(H,38,39)/t20-,23?,25-/m0/s1. The summed E-state index contributed by atoms with van der Waals surface area (Å²) in [5, 5.41) is 16.2. The van der Waals surface area contributed by atoms with E-state index in [0.717, 1.165) is 50.2 Å². The highest BCUT2D eigenvalue weighted by Crippen LogP contribution is 2.33. The average Bonchev–Trinajstić information content (AvgIpc) is 2.98. The fraction of sp³-hybridized carbons (Fsp3) is 0.567. The number of methoxy groups -OCH3 is 2. The molecule has 226 valence electrons. The van der Waals surface area contributed by atoms with E-state index >= 15 is 0 Å². The zero-order valence-corrected chi connectivity index (χ0v) is 24.9. The molecule has 3 atom stereocenters. The van der Waals surface area contributed by atoms with Gasteiger partial charge in [0.2, 0.25) is 5.91 Å². The van der Waals surface area contributed by atoms with Gasteiger partial charge in [0.05, 0.1) is 19.1 Å². The van der Waals surface area contributed by atoms with Gasteiger partial charge in [0.15, 0.2) is 0 Å². The zero-order chi connectivity index (χ0) is 29.8. The first-order valence-electron chi connectivity index (χ1n) is 14.2. The molecule has 0 bridgehead atoms. The number of carbonyl (C=O) groups is 2. The molecule has 41 heavy (non-hydrogen) atoms. The zero-order valence-electron chi connectivity index (χ0n) is 24.1. The van der Waals surface area contributed by atoms with Gasteiger partial charge in [0, 0.05) is 43.0 Å². The smallest absolute Gasteiger partial charge is 0.326 e.